The Morgan fingerprint density at radius 1 is 0.958 bits per heavy atom. The van der Waals surface area contributed by atoms with Crippen LogP contribution < -0.4 is 10.2 Å². The van der Waals surface area contributed by atoms with Gasteiger partial charge in [0.25, 0.3) is 0 Å². The largest absolute Gasteiger partial charge is 0.381 e. The third-order valence-electron chi connectivity index (χ3n) is 10.3. The second kappa shape index (κ2) is 19.9. The van der Waals surface area contributed by atoms with Crippen LogP contribution in [0.4, 0.5) is 5.69 Å². The van der Waals surface area contributed by atoms with E-state index in [0.717, 1.165) is 102 Å². The number of thioether (sulfide) groups is 1. The number of unbranched alkanes of at least 4 members (excludes halogenated alkanes) is 2. The van der Waals surface area contributed by atoms with Gasteiger partial charge in [-0.3, -0.25) is 19.3 Å². The van der Waals surface area contributed by atoms with Crippen molar-refractivity contribution in [1.29, 1.82) is 0 Å². The lowest BCUT2D eigenvalue weighted by molar-refractivity contribution is -0.127. The number of ketones is 2. The summed E-state index contributed by atoms with van der Waals surface area (Å²) >= 11 is 14.3. The lowest BCUT2D eigenvalue weighted by Crippen LogP contribution is -2.47. The number of Topliss-reactive ketones (excluding diaryl/α,β-unsaturated/α-hetero) is 2. The van der Waals surface area contributed by atoms with Gasteiger partial charge in [-0.1, -0.05) is 62.9 Å². The molecule has 1 aliphatic heterocycles. The molecule has 1 aromatic rings. The average Bonchev–Trinajstić information content (AvgIpc) is 3.32. The Hall–Kier alpha value is -1.32. The Bertz CT molecular complexity index is 1180. The number of nitrogens with zero attached hydrogens (tertiary/aromatic N) is 2. The van der Waals surface area contributed by atoms with Crippen molar-refractivity contribution in [2.24, 2.45) is 17.3 Å². The van der Waals surface area contributed by atoms with Gasteiger partial charge < -0.3 is 15.0 Å². The van der Waals surface area contributed by atoms with E-state index in [1.54, 1.807) is 11.8 Å². The van der Waals surface area contributed by atoms with Gasteiger partial charge in [0.2, 0.25) is 5.91 Å². The number of nitrogens with one attached hydrogen (secondary N) is 1. The summed E-state index contributed by atoms with van der Waals surface area (Å²) in [6, 6.07) is 6.14. The van der Waals surface area contributed by atoms with E-state index in [9.17, 15) is 14.4 Å². The van der Waals surface area contributed by atoms with Crippen molar-refractivity contribution in [2.45, 2.75) is 116 Å². The number of hydrogen-bond donors (Lipinski definition) is 1. The molecule has 2 unspecified atom stereocenters. The fourth-order valence-electron chi connectivity index (χ4n) is 7.14. The van der Waals surface area contributed by atoms with E-state index in [4.69, 9.17) is 27.9 Å². The van der Waals surface area contributed by atoms with E-state index >= 15 is 0 Å². The van der Waals surface area contributed by atoms with Crippen molar-refractivity contribution >= 4 is 58.1 Å². The smallest absolute Gasteiger partial charge is 0.220 e. The maximum atomic E-state index is 12.9. The molecular formula is C38H59Cl2N3O4S. The number of rotatable bonds is 18. The Morgan fingerprint density at radius 2 is 1.71 bits per heavy atom. The molecule has 270 valence electrons. The zero-order chi connectivity index (χ0) is 34.5. The zero-order valence-electron chi connectivity index (χ0n) is 29.6. The molecule has 0 aromatic heterocycles. The summed E-state index contributed by atoms with van der Waals surface area (Å²) in [4.78, 5) is 42.9. The quantitative estimate of drug-likeness (QED) is 0.121. The molecular weight excluding hydrogens is 665 g/mol. The highest BCUT2D eigenvalue weighted by Crippen LogP contribution is 2.34. The molecule has 3 aliphatic rings. The highest BCUT2D eigenvalue weighted by Gasteiger charge is 2.40. The minimum absolute atomic E-state index is 0.106. The molecule has 48 heavy (non-hydrogen) atoms. The van der Waals surface area contributed by atoms with Crippen LogP contribution in [-0.2, 0) is 19.1 Å². The van der Waals surface area contributed by atoms with Crippen LogP contribution in [0.1, 0.15) is 104 Å². The molecule has 0 radical (unpaired) electrons. The molecule has 4 rings (SSSR count). The number of anilines is 1. The first-order valence-electron chi connectivity index (χ1n) is 18.5. The highest BCUT2D eigenvalue weighted by molar-refractivity contribution is 8.00. The summed E-state index contributed by atoms with van der Waals surface area (Å²) < 4.78 is 5.73. The van der Waals surface area contributed by atoms with E-state index in [1.807, 2.05) is 18.2 Å². The first-order valence-corrected chi connectivity index (χ1v) is 20.3. The molecule has 1 heterocycles. The average molecular weight is 725 g/mol. The maximum Gasteiger partial charge on any atom is 0.220 e. The van der Waals surface area contributed by atoms with Crippen molar-refractivity contribution in [3.63, 3.8) is 0 Å². The Labute approximate surface area is 303 Å². The summed E-state index contributed by atoms with van der Waals surface area (Å²) in [7, 11) is 0. The van der Waals surface area contributed by atoms with Crippen LogP contribution in [0.2, 0.25) is 10.0 Å². The van der Waals surface area contributed by atoms with Crippen LogP contribution in [0.15, 0.2) is 18.2 Å². The molecule has 7 nitrogen and oxygen atoms in total. The van der Waals surface area contributed by atoms with Gasteiger partial charge in [0.1, 0.15) is 5.78 Å². The molecule has 1 saturated heterocycles. The SMILES string of the molecule is CC(C)(C)CCOCCCSC1CC(=O)C(CCCCCC(=O)N[C@H]2CC[C@H](CCN3CCN(c4cccc(Cl)c4Cl)CC3)CC2)C1=O. The fourth-order valence-corrected chi connectivity index (χ4v) is 8.73. The summed E-state index contributed by atoms with van der Waals surface area (Å²) in [6.45, 7) is 13.2. The van der Waals surface area contributed by atoms with E-state index in [1.165, 1.54) is 19.3 Å². The minimum atomic E-state index is -0.438. The lowest BCUT2D eigenvalue weighted by atomic mass is 9.84. The van der Waals surface area contributed by atoms with Gasteiger partial charge in [-0.2, -0.15) is 11.8 Å². The molecule has 3 fully saturated rings. The summed E-state index contributed by atoms with van der Waals surface area (Å²) in [5, 5.41) is 4.34. The number of hydrogen-bond acceptors (Lipinski definition) is 7. The molecule has 2 aliphatic carbocycles. The van der Waals surface area contributed by atoms with E-state index < -0.39 is 5.92 Å². The molecule has 1 aromatic carbocycles. The number of halogens is 2. The summed E-state index contributed by atoms with van der Waals surface area (Å²) in [5.74, 6) is 1.51. The zero-order valence-corrected chi connectivity index (χ0v) is 31.9. The standard InChI is InChI=1S/C38H59Cl2N3O4S/c1-38(2,3)18-25-47-24-8-26-48-34-27-33(44)30(37(34)46)9-5-4-6-12-35(45)41-29-15-13-28(14-16-29)17-19-42-20-22-43(23-21-42)32-11-7-10-31(39)36(32)40/h7,10-11,28-30,34H,4-6,8-9,12-27H2,1-3H3,(H,41,45)/t28-,29-,30?,34?. The molecule has 0 spiro atoms. The molecule has 1 N–H and O–H groups in total. The van der Waals surface area contributed by atoms with Crippen LogP contribution >= 0.6 is 35.0 Å². The summed E-state index contributed by atoms with van der Waals surface area (Å²) in [6.07, 6.45) is 11.7. The van der Waals surface area contributed by atoms with Crippen molar-refractivity contribution in [3.8, 4) is 0 Å². The lowest BCUT2D eigenvalue weighted by Gasteiger charge is -2.37. The first kappa shape index (κ1) is 39.5. The number of ether oxygens (including phenoxy) is 1. The van der Waals surface area contributed by atoms with Crippen LogP contribution in [0.5, 0.6) is 0 Å². The number of benzene rings is 1. The molecule has 0 bridgehead atoms. The maximum absolute atomic E-state index is 12.9. The van der Waals surface area contributed by atoms with Crippen molar-refractivity contribution in [1.82, 2.24) is 10.2 Å². The van der Waals surface area contributed by atoms with Gasteiger partial charge in [0.15, 0.2) is 5.78 Å². The monoisotopic (exact) mass is 723 g/mol. The van der Waals surface area contributed by atoms with Crippen LogP contribution in [0.25, 0.3) is 0 Å². The number of carbonyl (C=O) groups excluding carboxylic acids is 3. The van der Waals surface area contributed by atoms with Crippen molar-refractivity contribution in [2.75, 3.05) is 56.6 Å². The molecule has 2 atom stereocenters. The minimum Gasteiger partial charge on any atom is -0.381 e. The number of amides is 1. The van der Waals surface area contributed by atoms with Crippen molar-refractivity contribution in [3.05, 3.63) is 28.2 Å². The predicted molar refractivity (Wildman–Crippen MR) is 201 cm³/mol. The van der Waals surface area contributed by atoms with Gasteiger partial charge in [-0.25, -0.2) is 0 Å². The van der Waals surface area contributed by atoms with Crippen LogP contribution in [0, 0.1) is 17.3 Å². The third-order valence-corrected chi connectivity index (χ3v) is 12.4. The topological polar surface area (TPSA) is 79.0 Å². The first-order chi connectivity index (χ1) is 23.0. The van der Waals surface area contributed by atoms with Gasteiger partial charge in [0, 0.05) is 58.3 Å². The van der Waals surface area contributed by atoms with E-state index in [0.29, 0.717) is 35.9 Å². The molecule has 10 heteroatoms. The van der Waals surface area contributed by atoms with Gasteiger partial charge >= 0.3 is 0 Å². The molecule has 2 saturated carbocycles. The Balaban J connectivity index is 0.992. The normalized spacial score (nSPS) is 24.0. The Kier molecular flexibility index (Phi) is 16.4. The number of piperazine rings is 1. The second-order valence-corrected chi connectivity index (χ2v) is 17.4. The summed E-state index contributed by atoms with van der Waals surface area (Å²) in [5.41, 5.74) is 1.31. The third kappa shape index (κ3) is 13.1. The van der Waals surface area contributed by atoms with Gasteiger partial charge in [0.05, 0.1) is 26.9 Å². The van der Waals surface area contributed by atoms with E-state index in [2.05, 4.69) is 35.9 Å². The van der Waals surface area contributed by atoms with Crippen LogP contribution in [0.3, 0.4) is 0 Å². The number of carbonyl (C=O) groups is 3. The second-order valence-electron chi connectivity index (χ2n) is 15.3. The van der Waals surface area contributed by atoms with Gasteiger partial charge in [-0.15, -0.1) is 0 Å². The predicted octanol–water partition coefficient (Wildman–Crippen LogP) is 8.23. The van der Waals surface area contributed by atoms with E-state index in [-0.39, 0.29) is 34.2 Å². The van der Waals surface area contributed by atoms with Crippen LogP contribution in [-0.4, -0.2) is 85.4 Å². The molecule has 1 amide bonds. The fraction of sp³-hybridized carbons (Fsp3) is 0.763. The van der Waals surface area contributed by atoms with Gasteiger partial charge in [-0.05, 0) is 93.6 Å². The highest BCUT2D eigenvalue weighted by atomic mass is 35.5. The van der Waals surface area contributed by atoms with Crippen molar-refractivity contribution < 1.29 is 19.1 Å². The Morgan fingerprint density at radius 3 is 2.44 bits per heavy atom.